The van der Waals surface area contributed by atoms with Crippen molar-refractivity contribution in [2.75, 3.05) is 47.6 Å². The highest BCUT2D eigenvalue weighted by atomic mass is 32.2. The Balaban J connectivity index is 1.32. The molecule has 5 nitrogen and oxygen atoms in total. The van der Waals surface area contributed by atoms with Gasteiger partial charge in [-0.05, 0) is 81.4 Å². The number of hydrogen-bond acceptors (Lipinski definition) is 5. The Morgan fingerprint density at radius 3 is 2.36 bits per heavy atom. The minimum absolute atomic E-state index is 0.100. The molecule has 3 aliphatic rings. The number of rotatable bonds is 5. The molecule has 0 bridgehead atoms. The molecule has 0 radical (unpaired) electrons. The molecule has 1 N–H and O–H groups in total. The average molecular weight is 469 g/mol. The molecule has 1 aromatic heterocycles. The molecule has 1 aliphatic carbocycles. The van der Waals surface area contributed by atoms with Crippen molar-refractivity contribution in [3.8, 4) is 0 Å². The van der Waals surface area contributed by atoms with Crippen molar-refractivity contribution in [2.24, 2.45) is 5.41 Å². The third kappa shape index (κ3) is 4.98. The minimum atomic E-state index is -1.10. The average Bonchev–Trinajstić information content (AvgIpc) is 3.58. The fourth-order valence-electron chi connectivity index (χ4n) is 5.06. The van der Waals surface area contributed by atoms with Gasteiger partial charge in [0.05, 0.1) is 11.3 Å². The molecule has 1 saturated carbocycles. The molecule has 2 aliphatic heterocycles. The first-order valence-electron chi connectivity index (χ1n) is 12.0. The number of carbonyl (C=O) groups is 1. The van der Waals surface area contributed by atoms with Crippen LogP contribution in [0.2, 0.25) is 0 Å². The lowest BCUT2D eigenvalue weighted by atomic mass is 9.93. The van der Waals surface area contributed by atoms with Gasteiger partial charge in [-0.25, -0.2) is 9.37 Å². The molecule has 2 aromatic rings. The van der Waals surface area contributed by atoms with Crippen molar-refractivity contribution in [1.29, 1.82) is 0 Å². The van der Waals surface area contributed by atoms with E-state index in [1.54, 1.807) is 24.9 Å². The van der Waals surface area contributed by atoms with E-state index in [0.717, 1.165) is 24.6 Å². The van der Waals surface area contributed by atoms with Crippen LogP contribution >= 0.6 is 11.8 Å². The van der Waals surface area contributed by atoms with Gasteiger partial charge >= 0.3 is 0 Å². The van der Waals surface area contributed by atoms with Crippen molar-refractivity contribution in [3.05, 3.63) is 42.1 Å². The van der Waals surface area contributed by atoms with Gasteiger partial charge in [0.25, 0.3) is 5.91 Å². The van der Waals surface area contributed by atoms with Gasteiger partial charge in [0.15, 0.2) is 0 Å². The predicted octanol–water partition coefficient (Wildman–Crippen LogP) is 5.76. The van der Waals surface area contributed by atoms with E-state index in [4.69, 9.17) is 0 Å². The fourth-order valence-corrected chi connectivity index (χ4v) is 5.49. The minimum Gasteiger partial charge on any atom is -0.371 e. The van der Waals surface area contributed by atoms with Crippen LogP contribution in [0.15, 0.2) is 41.4 Å². The first-order chi connectivity index (χ1) is 15.9. The summed E-state index contributed by atoms with van der Waals surface area (Å²) in [4.78, 5) is 23.5. The number of hydrogen-bond donors (Lipinski definition) is 1. The summed E-state index contributed by atoms with van der Waals surface area (Å²) in [6, 6.07) is 9.84. The molecular formula is C26H33FN4OS. The number of alkyl halides is 1. The summed E-state index contributed by atoms with van der Waals surface area (Å²) in [5, 5.41) is 3.09. The van der Waals surface area contributed by atoms with Gasteiger partial charge in [0, 0.05) is 49.0 Å². The summed E-state index contributed by atoms with van der Waals surface area (Å²) >= 11 is 1.70. The zero-order valence-electron chi connectivity index (χ0n) is 19.6. The third-order valence-electron chi connectivity index (χ3n) is 7.70. The molecule has 1 aromatic carbocycles. The molecule has 1 amide bonds. The largest absolute Gasteiger partial charge is 0.371 e. The van der Waals surface area contributed by atoms with Crippen molar-refractivity contribution in [2.45, 2.75) is 56.0 Å². The Bertz CT molecular complexity index is 1020. The maximum Gasteiger partial charge on any atom is 0.257 e. The quantitative estimate of drug-likeness (QED) is 0.565. The number of nitrogens with one attached hydrogen (secondary N) is 1. The van der Waals surface area contributed by atoms with Gasteiger partial charge in [-0.1, -0.05) is 0 Å². The number of halogens is 1. The summed E-state index contributed by atoms with van der Waals surface area (Å²) in [5.41, 5.74) is 1.95. The number of pyridine rings is 1. The van der Waals surface area contributed by atoms with Gasteiger partial charge in [-0.3, -0.25) is 4.79 Å². The number of nitrogens with zero attached hydrogens (tertiary/aromatic N) is 3. The normalized spacial score (nSPS) is 21.2. The van der Waals surface area contributed by atoms with Gasteiger partial charge in [-0.2, -0.15) is 0 Å². The number of carbonyl (C=O) groups excluding carboxylic acids is 1. The van der Waals surface area contributed by atoms with E-state index in [1.807, 2.05) is 24.3 Å². The summed E-state index contributed by atoms with van der Waals surface area (Å²) in [7, 11) is 0. The molecule has 3 heterocycles. The lowest BCUT2D eigenvalue weighted by Gasteiger charge is -2.35. The highest BCUT2D eigenvalue weighted by Gasteiger charge is 2.44. The summed E-state index contributed by atoms with van der Waals surface area (Å²) in [5.74, 6) is 0.684. The lowest BCUT2D eigenvalue weighted by Crippen LogP contribution is -2.40. The number of anilines is 3. The second kappa shape index (κ2) is 8.82. The Morgan fingerprint density at radius 1 is 1.00 bits per heavy atom. The van der Waals surface area contributed by atoms with Crippen LogP contribution in [0.25, 0.3) is 0 Å². The number of benzene rings is 1. The summed E-state index contributed by atoms with van der Waals surface area (Å²) in [6.07, 6.45) is 9.94. The van der Waals surface area contributed by atoms with Crippen LogP contribution < -0.4 is 15.1 Å². The number of piperidine rings is 2. The van der Waals surface area contributed by atoms with Crippen molar-refractivity contribution in [1.82, 2.24) is 4.98 Å². The van der Waals surface area contributed by atoms with Crippen LogP contribution in [-0.2, 0) is 0 Å². The monoisotopic (exact) mass is 468 g/mol. The Labute approximate surface area is 200 Å². The zero-order chi connectivity index (χ0) is 23.1. The Hall–Kier alpha value is -2.28. The van der Waals surface area contributed by atoms with Crippen LogP contribution in [-0.4, -0.2) is 49.0 Å². The third-order valence-corrected chi connectivity index (χ3v) is 8.43. The van der Waals surface area contributed by atoms with Crippen molar-refractivity contribution >= 4 is 34.9 Å². The highest BCUT2D eigenvalue weighted by Crippen LogP contribution is 2.54. The second-order valence-corrected chi connectivity index (χ2v) is 11.0. The molecule has 33 heavy (non-hydrogen) atoms. The molecular weight excluding hydrogens is 435 g/mol. The van der Waals surface area contributed by atoms with E-state index >= 15 is 0 Å². The van der Waals surface area contributed by atoms with E-state index in [1.165, 1.54) is 30.6 Å². The Kier molecular flexibility index (Phi) is 6.02. The SMILES string of the molecule is CSc1ccc(C(=O)Nc2ccnc(N3CCC(C)(F)CC3)c2)c(N2CCC3(CC2)CC3)c1. The van der Waals surface area contributed by atoms with E-state index < -0.39 is 5.67 Å². The first-order valence-corrected chi connectivity index (χ1v) is 13.2. The summed E-state index contributed by atoms with van der Waals surface area (Å²) < 4.78 is 14.2. The van der Waals surface area contributed by atoms with Gasteiger partial charge in [0.1, 0.15) is 11.5 Å². The molecule has 5 rings (SSSR count). The van der Waals surface area contributed by atoms with Crippen LogP contribution in [0.4, 0.5) is 21.6 Å². The van der Waals surface area contributed by atoms with E-state index in [9.17, 15) is 9.18 Å². The topological polar surface area (TPSA) is 48.5 Å². The highest BCUT2D eigenvalue weighted by molar-refractivity contribution is 7.98. The molecule has 176 valence electrons. The standard InChI is InChI=1S/C26H33FN4OS/c1-25(27)8-13-31(14-9-25)23-17-19(5-12-28-23)29-24(32)21-4-3-20(33-2)18-22(21)30-15-10-26(6-7-26)11-16-30/h3-5,12,17-18H,6-11,13-16H2,1-2H3,(H,28,29,32). The molecule has 2 saturated heterocycles. The Morgan fingerprint density at radius 2 is 1.70 bits per heavy atom. The molecule has 7 heteroatoms. The van der Waals surface area contributed by atoms with Crippen molar-refractivity contribution < 1.29 is 9.18 Å². The maximum absolute atomic E-state index is 14.2. The maximum atomic E-state index is 14.2. The number of thioether (sulfide) groups is 1. The molecule has 0 unspecified atom stereocenters. The molecule has 1 spiro atoms. The van der Waals surface area contributed by atoms with Gasteiger partial charge in [0.2, 0.25) is 0 Å². The van der Waals surface area contributed by atoms with Crippen LogP contribution in [0, 0.1) is 5.41 Å². The fraction of sp³-hybridized carbons (Fsp3) is 0.538. The smallest absolute Gasteiger partial charge is 0.257 e. The van der Waals surface area contributed by atoms with E-state index in [0.29, 0.717) is 42.6 Å². The predicted molar refractivity (Wildman–Crippen MR) is 134 cm³/mol. The van der Waals surface area contributed by atoms with E-state index in [2.05, 4.69) is 32.4 Å². The summed E-state index contributed by atoms with van der Waals surface area (Å²) in [6.45, 7) is 4.96. The van der Waals surface area contributed by atoms with Crippen LogP contribution in [0.3, 0.4) is 0 Å². The first kappa shape index (κ1) is 22.5. The number of amides is 1. The van der Waals surface area contributed by atoms with E-state index in [-0.39, 0.29) is 5.91 Å². The zero-order valence-corrected chi connectivity index (χ0v) is 20.4. The van der Waals surface area contributed by atoms with Crippen molar-refractivity contribution in [3.63, 3.8) is 0 Å². The second-order valence-electron chi connectivity index (χ2n) is 10.1. The molecule has 0 atom stereocenters. The van der Waals surface area contributed by atoms with Gasteiger partial charge < -0.3 is 15.1 Å². The lowest BCUT2D eigenvalue weighted by molar-refractivity contribution is 0.102. The van der Waals surface area contributed by atoms with Crippen LogP contribution in [0.5, 0.6) is 0 Å². The molecule has 3 fully saturated rings. The van der Waals surface area contributed by atoms with Gasteiger partial charge in [-0.15, -0.1) is 11.8 Å². The van der Waals surface area contributed by atoms with Crippen LogP contribution in [0.1, 0.15) is 55.8 Å². The number of aromatic nitrogens is 1.